The van der Waals surface area contributed by atoms with E-state index in [1.807, 2.05) is 6.92 Å². The van der Waals surface area contributed by atoms with E-state index in [2.05, 4.69) is 15.9 Å². The van der Waals surface area contributed by atoms with E-state index in [-0.39, 0.29) is 6.54 Å². The molecule has 0 N–H and O–H groups in total. The highest BCUT2D eigenvalue weighted by atomic mass is 79.9. The van der Waals surface area contributed by atoms with E-state index in [0.717, 1.165) is 28.9 Å². The molecule has 0 amide bonds. The molecule has 0 aliphatic carbocycles. The van der Waals surface area contributed by atoms with Gasteiger partial charge in [0.2, 0.25) is 0 Å². The zero-order chi connectivity index (χ0) is 15.1. The standard InChI is InChI=1S/C12H18BrN3O4/c1-2-7-14-9-10(16(19)20)11(17)15(12(14)18)8-5-3-4-6-13/h9H,2-8H2,1H3. The number of aryl methyl sites for hydroxylation is 1. The number of unbranched alkanes of at least 4 members (excludes halogenated alkanes) is 2. The summed E-state index contributed by atoms with van der Waals surface area (Å²) in [6, 6.07) is 0. The van der Waals surface area contributed by atoms with Crippen molar-refractivity contribution in [2.45, 2.75) is 45.7 Å². The number of hydrogen-bond donors (Lipinski definition) is 0. The van der Waals surface area contributed by atoms with Crippen LogP contribution in [0.1, 0.15) is 32.6 Å². The molecule has 0 fully saturated rings. The predicted octanol–water partition coefficient (Wildman–Crippen LogP) is 1.89. The molecule has 1 heterocycles. The largest absolute Gasteiger partial charge is 0.350 e. The van der Waals surface area contributed by atoms with Crippen molar-refractivity contribution in [3.8, 4) is 0 Å². The third-order valence-corrected chi connectivity index (χ3v) is 3.46. The summed E-state index contributed by atoms with van der Waals surface area (Å²) >= 11 is 3.30. The van der Waals surface area contributed by atoms with Gasteiger partial charge >= 0.3 is 16.9 Å². The van der Waals surface area contributed by atoms with E-state index < -0.39 is 21.9 Å². The number of nitro groups is 1. The molecular weight excluding hydrogens is 330 g/mol. The van der Waals surface area contributed by atoms with E-state index in [9.17, 15) is 19.7 Å². The van der Waals surface area contributed by atoms with Gasteiger partial charge in [0.1, 0.15) is 0 Å². The Morgan fingerprint density at radius 2 is 1.95 bits per heavy atom. The van der Waals surface area contributed by atoms with E-state index in [1.54, 1.807) is 0 Å². The first-order valence-corrected chi connectivity index (χ1v) is 7.69. The van der Waals surface area contributed by atoms with Crippen LogP contribution in [0.15, 0.2) is 15.8 Å². The third-order valence-electron chi connectivity index (χ3n) is 2.90. The Kier molecular flexibility index (Phi) is 6.63. The lowest BCUT2D eigenvalue weighted by atomic mass is 10.2. The van der Waals surface area contributed by atoms with Gasteiger partial charge in [-0.3, -0.25) is 24.0 Å². The number of alkyl halides is 1. The minimum absolute atomic E-state index is 0.218. The van der Waals surface area contributed by atoms with Gasteiger partial charge in [-0.25, -0.2) is 4.79 Å². The van der Waals surface area contributed by atoms with Crippen LogP contribution < -0.4 is 11.2 Å². The molecule has 1 rings (SSSR count). The molecule has 7 nitrogen and oxygen atoms in total. The molecule has 0 aromatic carbocycles. The predicted molar refractivity (Wildman–Crippen MR) is 79.6 cm³/mol. The highest BCUT2D eigenvalue weighted by molar-refractivity contribution is 9.09. The van der Waals surface area contributed by atoms with Crippen LogP contribution in [0.5, 0.6) is 0 Å². The number of nitrogens with zero attached hydrogens (tertiary/aromatic N) is 3. The first kappa shape index (κ1) is 16.6. The van der Waals surface area contributed by atoms with Crippen molar-refractivity contribution in [3.63, 3.8) is 0 Å². The number of rotatable bonds is 8. The van der Waals surface area contributed by atoms with Crippen LogP contribution in [-0.2, 0) is 13.1 Å². The van der Waals surface area contributed by atoms with Crippen molar-refractivity contribution in [3.05, 3.63) is 37.1 Å². The molecule has 0 atom stereocenters. The highest BCUT2D eigenvalue weighted by Gasteiger charge is 2.19. The van der Waals surface area contributed by atoms with Gasteiger partial charge in [-0.2, -0.15) is 0 Å². The van der Waals surface area contributed by atoms with Gasteiger partial charge in [-0.05, 0) is 19.3 Å². The summed E-state index contributed by atoms with van der Waals surface area (Å²) in [5.74, 6) is 0. The van der Waals surface area contributed by atoms with Crippen LogP contribution in [0, 0.1) is 10.1 Å². The molecule has 20 heavy (non-hydrogen) atoms. The lowest BCUT2D eigenvalue weighted by Gasteiger charge is -2.09. The van der Waals surface area contributed by atoms with Crippen LogP contribution in [0.4, 0.5) is 5.69 Å². The smallest absolute Gasteiger partial charge is 0.293 e. The summed E-state index contributed by atoms with van der Waals surface area (Å²) in [7, 11) is 0. The first-order chi connectivity index (χ1) is 9.52. The lowest BCUT2D eigenvalue weighted by molar-refractivity contribution is -0.387. The Labute approximate surface area is 124 Å². The minimum atomic E-state index is -0.814. The maximum atomic E-state index is 12.1. The Morgan fingerprint density at radius 1 is 1.25 bits per heavy atom. The molecule has 8 heteroatoms. The molecule has 112 valence electrons. The second-order valence-electron chi connectivity index (χ2n) is 4.45. The number of aromatic nitrogens is 2. The fourth-order valence-corrected chi connectivity index (χ4v) is 2.30. The molecule has 1 aromatic rings. The van der Waals surface area contributed by atoms with Gasteiger partial charge in [0, 0.05) is 18.4 Å². The van der Waals surface area contributed by atoms with Gasteiger partial charge < -0.3 is 0 Å². The van der Waals surface area contributed by atoms with E-state index in [0.29, 0.717) is 19.4 Å². The number of hydrogen-bond acceptors (Lipinski definition) is 4. The quantitative estimate of drug-likeness (QED) is 0.311. The molecule has 0 aliphatic rings. The first-order valence-electron chi connectivity index (χ1n) is 6.57. The van der Waals surface area contributed by atoms with Crippen molar-refractivity contribution in [2.75, 3.05) is 5.33 Å². The summed E-state index contributed by atoms with van der Waals surface area (Å²) in [4.78, 5) is 34.2. The van der Waals surface area contributed by atoms with E-state index in [1.165, 1.54) is 4.57 Å². The SMILES string of the molecule is CCCn1cc([N+](=O)[O-])c(=O)n(CCCCCBr)c1=O. The minimum Gasteiger partial charge on any atom is -0.293 e. The second kappa shape index (κ2) is 7.98. The van der Waals surface area contributed by atoms with Crippen LogP contribution in [0.3, 0.4) is 0 Å². The topological polar surface area (TPSA) is 87.1 Å². The Morgan fingerprint density at radius 3 is 2.50 bits per heavy atom. The molecule has 0 aliphatic heterocycles. The van der Waals surface area contributed by atoms with Gasteiger partial charge in [0.15, 0.2) is 0 Å². The summed E-state index contributed by atoms with van der Waals surface area (Å²) in [6.45, 7) is 2.45. The van der Waals surface area contributed by atoms with Crippen molar-refractivity contribution >= 4 is 21.6 Å². The Hall–Kier alpha value is -1.44. The number of halogens is 1. The van der Waals surface area contributed by atoms with Crippen molar-refractivity contribution < 1.29 is 4.92 Å². The van der Waals surface area contributed by atoms with Crippen LogP contribution in [0.2, 0.25) is 0 Å². The van der Waals surface area contributed by atoms with Crippen LogP contribution in [-0.4, -0.2) is 19.4 Å². The lowest BCUT2D eigenvalue weighted by Crippen LogP contribution is -2.40. The molecule has 1 aromatic heterocycles. The fraction of sp³-hybridized carbons (Fsp3) is 0.667. The van der Waals surface area contributed by atoms with Crippen molar-refractivity contribution in [1.29, 1.82) is 0 Å². The normalized spacial score (nSPS) is 10.7. The summed E-state index contributed by atoms with van der Waals surface area (Å²) in [6.07, 6.45) is 4.15. The third kappa shape index (κ3) is 4.03. The van der Waals surface area contributed by atoms with E-state index in [4.69, 9.17) is 0 Å². The molecule has 0 saturated carbocycles. The monoisotopic (exact) mass is 347 g/mol. The Balaban J connectivity index is 3.15. The molecule has 0 unspecified atom stereocenters. The molecule has 0 radical (unpaired) electrons. The zero-order valence-electron chi connectivity index (χ0n) is 11.4. The van der Waals surface area contributed by atoms with Crippen molar-refractivity contribution in [1.82, 2.24) is 9.13 Å². The second-order valence-corrected chi connectivity index (χ2v) is 5.25. The van der Waals surface area contributed by atoms with Crippen LogP contribution >= 0.6 is 15.9 Å². The highest BCUT2D eigenvalue weighted by Crippen LogP contribution is 2.03. The van der Waals surface area contributed by atoms with Gasteiger partial charge in [0.25, 0.3) is 0 Å². The van der Waals surface area contributed by atoms with Crippen molar-refractivity contribution in [2.24, 2.45) is 0 Å². The van der Waals surface area contributed by atoms with Gasteiger partial charge in [-0.15, -0.1) is 0 Å². The zero-order valence-corrected chi connectivity index (χ0v) is 13.0. The summed E-state index contributed by atoms with van der Waals surface area (Å²) < 4.78 is 2.21. The van der Waals surface area contributed by atoms with Crippen LogP contribution in [0.25, 0.3) is 0 Å². The fourth-order valence-electron chi connectivity index (χ4n) is 1.90. The molecular formula is C12H18BrN3O4. The Bertz CT molecular complexity index is 579. The summed E-state index contributed by atoms with van der Waals surface area (Å²) in [5, 5.41) is 11.7. The van der Waals surface area contributed by atoms with E-state index >= 15 is 0 Å². The molecule has 0 bridgehead atoms. The maximum absolute atomic E-state index is 12.1. The average Bonchev–Trinajstić information content (AvgIpc) is 2.40. The summed E-state index contributed by atoms with van der Waals surface area (Å²) in [5.41, 5.74) is -1.83. The average molecular weight is 348 g/mol. The molecule has 0 spiro atoms. The van der Waals surface area contributed by atoms with Gasteiger partial charge in [0.05, 0.1) is 11.1 Å². The van der Waals surface area contributed by atoms with Gasteiger partial charge in [-0.1, -0.05) is 29.3 Å². The maximum Gasteiger partial charge on any atom is 0.350 e. The molecule has 0 saturated heterocycles.